The van der Waals surface area contributed by atoms with Crippen LogP contribution in [-0.4, -0.2) is 74.1 Å². The summed E-state index contributed by atoms with van der Waals surface area (Å²) in [6.07, 6.45) is 4.25. The Morgan fingerprint density at radius 1 is 1.03 bits per heavy atom. The van der Waals surface area contributed by atoms with E-state index in [0.29, 0.717) is 42.3 Å². The van der Waals surface area contributed by atoms with E-state index in [2.05, 4.69) is 31.1 Å². The number of carbonyl (C=O) groups is 2. The summed E-state index contributed by atoms with van der Waals surface area (Å²) in [5.41, 5.74) is 2.02. The van der Waals surface area contributed by atoms with E-state index < -0.39 is 10.0 Å². The summed E-state index contributed by atoms with van der Waals surface area (Å²) in [5, 5.41) is 3.57. The van der Waals surface area contributed by atoms with E-state index in [0.717, 1.165) is 55.6 Å². The SMILES string of the molecule is CCCN(CCC)C(=O)c1c(NC(=O)c2ccc(S(=O)(=O)N3CCCC3)cc2)sc2c1CCN(C)C2. The van der Waals surface area contributed by atoms with Gasteiger partial charge in [0, 0.05) is 49.7 Å². The van der Waals surface area contributed by atoms with Crippen LogP contribution in [0.1, 0.15) is 70.7 Å². The number of hydrogen-bond acceptors (Lipinski definition) is 6. The fourth-order valence-corrected chi connectivity index (χ4v) is 7.72. The summed E-state index contributed by atoms with van der Waals surface area (Å²) >= 11 is 1.47. The number of nitrogens with zero attached hydrogens (tertiary/aromatic N) is 3. The number of rotatable bonds is 9. The normalized spacial score (nSPS) is 16.6. The van der Waals surface area contributed by atoms with Gasteiger partial charge in [-0.05, 0) is 69.0 Å². The quantitative estimate of drug-likeness (QED) is 0.527. The molecule has 2 aromatic rings. The molecular formula is C26H36N4O4S2. The van der Waals surface area contributed by atoms with Crippen LogP contribution >= 0.6 is 11.3 Å². The standard InChI is InChI=1S/C26H36N4O4S2/c1-4-13-29(14-5-2)26(32)23-21-12-17-28(3)18-22(21)35-25(23)27-24(31)19-8-10-20(11-9-19)36(33,34)30-15-6-7-16-30/h8-11H,4-7,12-18H2,1-3H3,(H,27,31). The third-order valence-corrected chi connectivity index (χ3v) is 9.83. The van der Waals surface area contributed by atoms with Crippen molar-refractivity contribution < 1.29 is 18.0 Å². The summed E-state index contributed by atoms with van der Waals surface area (Å²) in [6.45, 7) is 8.16. The minimum atomic E-state index is -3.54. The zero-order valence-electron chi connectivity index (χ0n) is 21.4. The Labute approximate surface area is 218 Å². The molecule has 2 aliphatic rings. The van der Waals surface area contributed by atoms with E-state index in [1.165, 1.54) is 27.8 Å². The number of sulfonamides is 1. The summed E-state index contributed by atoms with van der Waals surface area (Å²) in [4.78, 5) is 32.3. The monoisotopic (exact) mass is 532 g/mol. The molecule has 0 spiro atoms. The molecule has 0 bridgehead atoms. The van der Waals surface area contributed by atoms with Gasteiger partial charge in [0.1, 0.15) is 5.00 Å². The highest BCUT2D eigenvalue weighted by Gasteiger charge is 2.31. The molecular weight excluding hydrogens is 496 g/mol. The molecule has 8 nitrogen and oxygen atoms in total. The highest BCUT2D eigenvalue weighted by atomic mass is 32.2. The van der Waals surface area contributed by atoms with E-state index in [9.17, 15) is 18.0 Å². The fraction of sp³-hybridized carbons (Fsp3) is 0.538. The van der Waals surface area contributed by atoms with Crippen LogP contribution in [0, 0.1) is 0 Å². The zero-order valence-corrected chi connectivity index (χ0v) is 23.0. The van der Waals surface area contributed by atoms with Crippen molar-refractivity contribution in [3.05, 3.63) is 45.8 Å². The molecule has 36 heavy (non-hydrogen) atoms. The van der Waals surface area contributed by atoms with Crippen LogP contribution in [-0.2, 0) is 23.0 Å². The second kappa shape index (κ2) is 11.4. The molecule has 0 unspecified atom stereocenters. The third kappa shape index (κ3) is 5.51. The number of carbonyl (C=O) groups excluding carboxylic acids is 2. The van der Waals surface area contributed by atoms with E-state index in [1.807, 2.05) is 4.90 Å². The minimum absolute atomic E-state index is 0.0249. The highest BCUT2D eigenvalue weighted by Crippen LogP contribution is 2.38. The van der Waals surface area contributed by atoms with E-state index in [1.54, 1.807) is 12.1 Å². The van der Waals surface area contributed by atoms with Crippen molar-refractivity contribution in [2.45, 2.75) is 57.4 Å². The largest absolute Gasteiger partial charge is 0.339 e. The Balaban J connectivity index is 1.60. The Kier molecular flexibility index (Phi) is 8.49. The second-order valence-electron chi connectivity index (χ2n) is 9.58. The summed E-state index contributed by atoms with van der Waals surface area (Å²) in [5.74, 6) is -0.373. The van der Waals surface area contributed by atoms with Crippen LogP contribution in [0.4, 0.5) is 5.00 Å². The van der Waals surface area contributed by atoms with Gasteiger partial charge < -0.3 is 15.1 Å². The topological polar surface area (TPSA) is 90.0 Å². The van der Waals surface area contributed by atoms with Crippen LogP contribution in [0.25, 0.3) is 0 Å². The average molecular weight is 533 g/mol. The molecule has 1 saturated heterocycles. The van der Waals surface area contributed by atoms with Gasteiger partial charge in [0.25, 0.3) is 11.8 Å². The molecule has 196 valence electrons. The third-order valence-electron chi connectivity index (χ3n) is 6.78. The Bertz CT molecular complexity index is 1200. The zero-order chi connectivity index (χ0) is 25.9. The van der Waals surface area contributed by atoms with Gasteiger partial charge in [0.05, 0.1) is 10.5 Å². The number of amides is 2. The average Bonchev–Trinajstić information content (AvgIpc) is 3.52. The van der Waals surface area contributed by atoms with Gasteiger partial charge in [0.15, 0.2) is 0 Å². The molecule has 1 aromatic carbocycles. The van der Waals surface area contributed by atoms with Gasteiger partial charge >= 0.3 is 0 Å². The van der Waals surface area contributed by atoms with Crippen LogP contribution in [0.15, 0.2) is 29.2 Å². The first kappa shape index (κ1) is 26.8. The smallest absolute Gasteiger partial charge is 0.257 e. The van der Waals surface area contributed by atoms with Gasteiger partial charge in [-0.3, -0.25) is 9.59 Å². The molecule has 1 fully saturated rings. The predicted molar refractivity (Wildman–Crippen MR) is 143 cm³/mol. The Morgan fingerprint density at radius 3 is 2.28 bits per heavy atom. The molecule has 0 aliphatic carbocycles. The maximum Gasteiger partial charge on any atom is 0.257 e. The van der Waals surface area contributed by atoms with Gasteiger partial charge in [-0.15, -0.1) is 11.3 Å². The number of nitrogens with one attached hydrogen (secondary N) is 1. The molecule has 0 saturated carbocycles. The first-order valence-corrected chi connectivity index (χ1v) is 15.1. The lowest BCUT2D eigenvalue weighted by atomic mass is 10.0. The lowest BCUT2D eigenvalue weighted by molar-refractivity contribution is 0.0755. The van der Waals surface area contributed by atoms with Gasteiger partial charge in [-0.25, -0.2) is 8.42 Å². The molecule has 2 amide bonds. The molecule has 2 aliphatic heterocycles. The maximum atomic E-state index is 13.7. The summed E-state index contributed by atoms with van der Waals surface area (Å²) in [6, 6.07) is 6.07. The van der Waals surface area contributed by atoms with E-state index >= 15 is 0 Å². The molecule has 4 rings (SSSR count). The number of fused-ring (bicyclic) bond motifs is 1. The second-order valence-corrected chi connectivity index (χ2v) is 12.6. The van der Waals surface area contributed by atoms with Crippen LogP contribution in [0.5, 0.6) is 0 Å². The number of thiophene rings is 1. The summed E-state index contributed by atoms with van der Waals surface area (Å²) in [7, 11) is -1.48. The van der Waals surface area contributed by atoms with Crippen LogP contribution < -0.4 is 5.32 Å². The lowest BCUT2D eigenvalue weighted by Gasteiger charge is -2.25. The molecule has 1 aromatic heterocycles. The van der Waals surface area contributed by atoms with Crippen molar-refractivity contribution in [3.8, 4) is 0 Å². The number of hydrogen-bond donors (Lipinski definition) is 1. The Hall–Kier alpha value is -2.27. The van der Waals surface area contributed by atoms with Crippen molar-refractivity contribution in [1.29, 1.82) is 0 Å². The minimum Gasteiger partial charge on any atom is -0.339 e. The van der Waals surface area contributed by atoms with Crippen molar-refractivity contribution >= 4 is 38.2 Å². The Morgan fingerprint density at radius 2 is 1.67 bits per heavy atom. The molecule has 0 atom stereocenters. The van der Waals surface area contributed by atoms with Crippen molar-refractivity contribution in [2.24, 2.45) is 0 Å². The first-order valence-electron chi connectivity index (χ1n) is 12.8. The maximum absolute atomic E-state index is 13.7. The molecule has 10 heteroatoms. The van der Waals surface area contributed by atoms with Crippen molar-refractivity contribution in [2.75, 3.05) is 45.1 Å². The van der Waals surface area contributed by atoms with Crippen LogP contribution in [0.3, 0.4) is 0 Å². The van der Waals surface area contributed by atoms with Gasteiger partial charge in [-0.2, -0.15) is 4.31 Å². The van der Waals surface area contributed by atoms with E-state index in [-0.39, 0.29) is 16.7 Å². The number of benzene rings is 1. The number of likely N-dealkylation sites (N-methyl/N-ethyl adjacent to an activating group) is 1. The predicted octanol–water partition coefficient (Wildman–Crippen LogP) is 4.04. The van der Waals surface area contributed by atoms with E-state index in [4.69, 9.17) is 0 Å². The molecule has 0 radical (unpaired) electrons. The fourth-order valence-electron chi connectivity index (χ4n) is 4.89. The van der Waals surface area contributed by atoms with Crippen LogP contribution in [0.2, 0.25) is 0 Å². The van der Waals surface area contributed by atoms with Crippen molar-refractivity contribution in [1.82, 2.24) is 14.1 Å². The van der Waals surface area contributed by atoms with Gasteiger partial charge in [-0.1, -0.05) is 13.8 Å². The molecule has 3 heterocycles. The number of anilines is 1. The molecule has 1 N–H and O–H groups in total. The highest BCUT2D eigenvalue weighted by molar-refractivity contribution is 7.89. The van der Waals surface area contributed by atoms with Crippen molar-refractivity contribution in [3.63, 3.8) is 0 Å². The van der Waals surface area contributed by atoms with Gasteiger partial charge in [0.2, 0.25) is 10.0 Å². The summed E-state index contributed by atoms with van der Waals surface area (Å²) < 4.78 is 27.1. The lowest BCUT2D eigenvalue weighted by Crippen LogP contribution is -2.34. The first-order chi connectivity index (χ1) is 17.3.